The molecule has 0 atom stereocenters. The Morgan fingerprint density at radius 1 is 1.20 bits per heavy atom. The fourth-order valence-corrected chi connectivity index (χ4v) is 2.07. The molecule has 0 spiro atoms. The van der Waals surface area contributed by atoms with Crippen LogP contribution >= 0.6 is 0 Å². The monoisotopic (exact) mass is 272 g/mol. The normalized spacial score (nSPS) is 14.2. The van der Waals surface area contributed by atoms with Crippen molar-refractivity contribution in [3.05, 3.63) is 42.0 Å². The largest absolute Gasteiger partial charge is 0.373 e. The molecule has 1 heterocycles. The average Bonchev–Trinajstić information content (AvgIpc) is 3.31. The zero-order valence-corrected chi connectivity index (χ0v) is 11.6. The minimum absolute atomic E-state index is 0.237. The maximum Gasteiger partial charge on any atom is 0.138 e. The van der Waals surface area contributed by atoms with Crippen molar-refractivity contribution in [1.29, 1.82) is 0 Å². The van der Waals surface area contributed by atoms with Gasteiger partial charge in [0.2, 0.25) is 0 Å². The van der Waals surface area contributed by atoms with Crippen molar-refractivity contribution in [3.63, 3.8) is 0 Å². The molecule has 20 heavy (non-hydrogen) atoms. The van der Waals surface area contributed by atoms with Gasteiger partial charge in [0.1, 0.15) is 23.3 Å². The first-order valence-electron chi connectivity index (χ1n) is 6.73. The molecular weight excluding hydrogens is 255 g/mol. The zero-order valence-electron chi connectivity index (χ0n) is 11.6. The van der Waals surface area contributed by atoms with E-state index in [0.29, 0.717) is 5.92 Å². The van der Waals surface area contributed by atoms with E-state index in [9.17, 15) is 4.39 Å². The van der Waals surface area contributed by atoms with Gasteiger partial charge in [-0.2, -0.15) is 0 Å². The predicted octanol–water partition coefficient (Wildman–Crippen LogP) is 3.30. The summed E-state index contributed by atoms with van der Waals surface area (Å²) in [6, 6.07) is 8.29. The fourth-order valence-electron chi connectivity index (χ4n) is 2.07. The van der Waals surface area contributed by atoms with Gasteiger partial charge in [0.05, 0.1) is 0 Å². The number of hydrogen-bond acceptors (Lipinski definition) is 4. The van der Waals surface area contributed by atoms with Crippen LogP contribution in [0, 0.1) is 5.82 Å². The van der Waals surface area contributed by atoms with Crippen molar-refractivity contribution < 1.29 is 4.39 Å². The lowest BCUT2D eigenvalue weighted by molar-refractivity contribution is 0.628. The Kier molecular flexibility index (Phi) is 3.26. The number of nitrogens with zero attached hydrogens (tertiary/aromatic N) is 3. The Balaban J connectivity index is 1.95. The summed E-state index contributed by atoms with van der Waals surface area (Å²) < 4.78 is 13.0. The molecule has 1 aromatic heterocycles. The Bertz CT molecular complexity index is 608. The smallest absolute Gasteiger partial charge is 0.138 e. The van der Waals surface area contributed by atoms with E-state index in [4.69, 9.17) is 0 Å². The molecule has 1 aromatic carbocycles. The van der Waals surface area contributed by atoms with E-state index < -0.39 is 0 Å². The molecule has 0 aliphatic heterocycles. The number of hydrogen-bond donors (Lipinski definition) is 1. The molecule has 0 unspecified atom stereocenters. The third kappa shape index (κ3) is 2.57. The van der Waals surface area contributed by atoms with Crippen LogP contribution in [0.25, 0.3) is 0 Å². The van der Waals surface area contributed by atoms with Gasteiger partial charge in [-0.1, -0.05) is 0 Å². The number of benzene rings is 1. The molecule has 104 valence electrons. The van der Waals surface area contributed by atoms with E-state index in [1.807, 2.05) is 25.1 Å². The van der Waals surface area contributed by atoms with Crippen LogP contribution in [0.15, 0.2) is 30.3 Å². The first-order valence-corrected chi connectivity index (χ1v) is 6.73. The SMILES string of the molecule is CNc1cc(N(C)c2ccc(F)cc2)nc(C2CC2)n1. The average molecular weight is 272 g/mol. The van der Waals surface area contributed by atoms with E-state index in [1.165, 1.54) is 12.1 Å². The number of anilines is 3. The van der Waals surface area contributed by atoms with Crippen molar-refractivity contribution in [1.82, 2.24) is 9.97 Å². The quantitative estimate of drug-likeness (QED) is 0.927. The Morgan fingerprint density at radius 3 is 2.50 bits per heavy atom. The van der Waals surface area contributed by atoms with Gasteiger partial charge in [-0.25, -0.2) is 14.4 Å². The van der Waals surface area contributed by atoms with E-state index >= 15 is 0 Å². The van der Waals surface area contributed by atoms with Crippen LogP contribution in [-0.2, 0) is 0 Å². The Morgan fingerprint density at radius 2 is 1.90 bits per heavy atom. The third-order valence-electron chi connectivity index (χ3n) is 3.49. The first-order chi connectivity index (χ1) is 9.67. The topological polar surface area (TPSA) is 41.0 Å². The van der Waals surface area contributed by atoms with E-state index in [-0.39, 0.29) is 5.82 Å². The maximum absolute atomic E-state index is 13.0. The van der Waals surface area contributed by atoms with Gasteiger partial charge in [-0.15, -0.1) is 0 Å². The van der Waals surface area contributed by atoms with Gasteiger partial charge in [0.25, 0.3) is 0 Å². The summed E-state index contributed by atoms with van der Waals surface area (Å²) in [6.45, 7) is 0. The summed E-state index contributed by atoms with van der Waals surface area (Å²) in [6.07, 6.45) is 2.32. The number of rotatable bonds is 4. The molecule has 1 fully saturated rings. The van der Waals surface area contributed by atoms with Crippen molar-refractivity contribution in [2.24, 2.45) is 0 Å². The highest BCUT2D eigenvalue weighted by atomic mass is 19.1. The molecule has 0 bridgehead atoms. The van der Waals surface area contributed by atoms with Crippen molar-refractivity contribution in [2.45, 2.75) is 18.8 Å². The number of aromatic nitrogens is 2. The lowest BCUT2D eigenvalue weighted by Gasteiger charge is -2.19. The second-order valence-corrected chi connectivity index (χ2v) is 5.03. The molecule has 2 aromatic rings. The van der Waals surface area contributed by atoms with Gasteiger partial charge in [0, 0.05) is 31.8 Å². The maximum atomic E-state index is 13.0. The van der Waals surface area contributed by atoms with Crippen LogP contribution < -0.4 is 10.2 Å². The fraction of sp³-hybridized carbons (Fsp3) is 0.333. The number of halogens is 1. The molecule has 0 saturated heterocycles. The van der Waals surface area contributed by atoms with E-state index in [1.54, 1.807) is 12.1 Å². The molecule has 1 saturated carbocycles. The molecule has 1 aliphatic rings. The molecule has 4 nitrogen and oxygen atoms in total. The minimum atomic E-state index is -0.237. The van der Waals surface area contributed by atoms with Crippen LogP contribution in [0.2, 0.25) is 0 Å². The predicted molar refractivity (Wildman–Crippen MR) is 78.0 cm³/mol. The Hall–Kier alpha value is -2.17. The van der Waals surface area contributed by atoms with Crippen molar-refractivity contribution in [3.8, 4) is 0 Å². The zero-order chi connectivity index (χ0) is 14.1. The standard InChI is InChI=1S/C15H17FN4/c1-17-13-9-14(19-15(18-13)10-3-4-10)20(2)12-7-5-11(16)6-8-12/h5-10H,3-4H2,1-2H3,(H,17,18,19). The Labute approximate surface area is 117 Å². The lowest BCUT2D eigenvalue weighted by atomic mass is 10.3. The number of nitrogens with one attached hydrogen (secondary N) is 1. The second-order valence-electron chi connectivity index (χ2n) is 5.03. The highest BCUT2D eigenvalue weighted by molar-refractivity contribution is 5.61. The van der Waals surface area contributed by atoms with Gasteiger partial charge >= 0.3 is 0 Å². The highest BCUT2D eigenvalue weighted by Gasteiger charge is 2.27. The van der Waals surface area contributed by atoms with Crippen LogP contribution in [0.1, 0.15) is 24.6 Å². The highest BCUT2D eigenvalue weighted by Crippen LogP contribution is 2.39. The minimum Gasteiger partial charge on any atom is -0.373 e. The summed E-state index contributed by atoms with van der Waals surface area (Å²) in [5, 5.41) is 3.07. The molecule has 0 radical (unpaired) electrons. The van der Waals surface area contributed by atoms with Crippen molar-refractivity contribution in [2.75, 3.05) is 24.3 Å². The third-order valence-corrected chi connectivity index (χ3v) is 3.49. The second kappa shape index (κ2) is 5.07. The van der Waals surface area contributed by atoms with Gasteiger partial charge < -0.3 is 10.2 Å². The summed E-state index contributed by atoms with van der Waals surface area (Å²) in [7, 11) is 3.77. The van der Waals surface area contributed by atoms with E-state index in [2.05, 4.69) is 15.3 Å². The first kappa shape index (κ1) is 12.8. The summed E-state index contributed by atoms with van der Waals surface area (Å²) in [4.78, 5) is 11.1. The van der Waals surface area contributed by atoms with E-state index in [0.717, 1.165) is 36.0 Å². The van der Waals surface area contributed by atoms with Gasteiger partial charge in [-0.05, 0) is 37.1 Å². The lowest BCUT2D eigenvalue weighted by Crippen LogP contribution is -2.13. The summed E-state index contributed by atoms with van der Waals surface area (Å²) >= 11 is 0. The molecule has 1 aliphatic carbocycles. The summed E-state index contributed by atoms with van der Waals surface area (Å²) in [5.41, 5.74) is 0.897. The molecule has 0 amide bonds. The van der Waals surface area contributed by atoms with Gasteiger partial charge in [0.15, 0.2) is 0 Å². The molecule has 5 heteroatoms. The van der Waals surface area contributed by atoms with Crippen LogP contribution in [-0.4, -0.2) is 24.1 Å². The van der Waals surface area contributed by atoms with Crippen LogP contribution in [0.5, 0.6) is 0 Å². The van der Waals surface area contributed by atoms with Crippen molar-refractivity contribution >= 4 is 17.3 Å². The van der Waals surface area contributed by atoms with Crippen LogP contribution in [0.4, 0.5) is 21.7 Å². The molecular formula is C15H17FN4. The van der Waals surface area contributed by atoms with Gasteiger partial charge in [-0.3, -0.25) is 0 Å². The van der Waals surface area contributed by atoms with Crippen LogP contribution in [0.3, 0.4) is 0 Å². The molecule has 1 N–H and O–H groups in total. The summed E-state index contributed by atoms with van der Waals surface area (Å²) in [5.74, 6) is 2.77. The molecule has 3 rings (SSSR count).